The van der Waals surface area contributed by atoms with Crippen LogP contribution in [0.3, 0.4) is 0 Å². The summed E-state index contributed by atoms with van der Waals surface area (Å²) in [5, 5.41) is 2.44. The summed E-state index contributed by atoms with van der Waals surface area (Å²) in [6, 6.07) is 0.789. The van der Waals surface area contributed by atoms with E-state index < -0.39 is 0 Å². The third kappa shape index (κ3) is 3.15. The Kier molecular flexibility index (Phi) is 3.94. The standard InChI is InChI=1S/C10H20N2S/c1-2-4-10(5-3-1)11-12-6-8-13-9-7-12/h10-11H,1-9H2. The van der Waals surface area contributed by atoms with Gasteiger partial charge in [0.2, 0.25) is 0 Å². The number of hydrogen-bond donors (Lipinski definition) is 1. The van der Waals surface area contributed by atoms with Gasteiger partial charge in [0, 0.05) is 30.6 Å². The van der Waals surface area contributed by atoms with E-state index in [0.717, 1.165) is 6.04 Å². The average molecular weight is 200 g/mol. The second kappa shape index (κ2) is 5.23. The Hall–Kier alpha value is 0.270. The van der Waals surface area contributed by atoms with Crippen LogP contribution in [-0.2, 0) is 0 Å². The largest absolute Gasteiger partial charge is 0.252 e. The van der Waals surface area contributed by atoms with Crippen molar-refractivity contribution in [2.45, 2.75) is 38.1 Å². The maximum atomic E-state index is 3.68. The van der Waals surface area contributed by atoms with Crippen LogP contribution in [0.2, 0.25) is 0 Å². The van der Waals surface area contributed by atoms with Crippen LogP contribution in [-0.4, -0.2) is 35.6 Å². The van der Waals surface area contributed by atoms with Crippen LogP contribution in [0, 0.1) is 0 Å². The summed E-state index contributed by atoms with van der Waals surface area (Å²) in [6.45, 7) is 2.47. The minimum Gasteiger partial charge on any atom is -0.252 e. The Labute approximate surface area is 85.4 Å². The second-order valence-corrected chi connectivity index (χ2v) is 5.29. The van der Waals surface area contributed by atoms with E-state index in [1.165, 1.54) is 56.7 Å². The third-order valence-electron chi connectivity index (χ3n) is 2.98. The van der Waals surface area contributed by atoms with Crippen molar-refractivity contribution in [2.24, 2.45) is 0 Å². The maximum absolute atomic E-state index is 3.68. The summed E-state index contributed by atoms with van der Waals surface area (Å²) in [5.41, 5.74) is 3.68. The molecular weight excluding hydrogens is 180 g/mol. The minimum atomic E-state index is 0.789. The molecule has 76 valence electrons. The van der Waals surface area contributed by atoms with Gasteiger partial charge in [-0.15, -0.1) is 0 Å². The molecule has 0 bridgehead atoms. The predicted octanol–water partition coefficient (Wildman–Crippen LogP) is 1.87. The molecule has 0 amide bonds. The van der Waals surface area contributed by atoms with Gasteiger partial charge in [-0.25, -0.2) is 5.01 Å². The molecule has 2 nitrogen and oxygen atoms in total. The van der Waals surface area contributed by atoms with E-state index in [9.17, 15) is 0 Å². The first kappa shape index (κ1) is 9.81. The molecule has 1 aliphatic heterocycles. The van der Waals surface area contributed by atoms with Crippen LogP contribution in [0.1, 0.15) is 32.1 Å². The number of hydrazine groups is 1. The highest BCUT2D eigenvalue weighted by Crippen LogP contribution is 2.18. The molecule has 0 radical (unpaired) electrons. The molecule has 3 heteroatoms. The summed E-state index contributed by atoms with van der Waals surface area (Å²) < 4.78 is 0. The van der Waals surface area contributed by atoms with Crippen LogP contribution in [0.5, 0.6) is 0 Å². The van der Waals surface area contributed by atoms with Gasteiger partial charge in [-0.1, -0.05) is 19.3 Å². The zero-order chi connectivity index (χ0) is 8.93. The van der Waals surface area contributed by atoms with Gasteiger partial charge < -0.3 is 0 Å². The Balaban J connectivity index is 1.69. The number of nitrogens with zero attached hydrogens (tertiary/aromatic N) is 1. The number of hydrogen-bond acceptors (Lipinski definition) is 3. The fourth-order valence-electron chi connectivity index (χ4n) is 2.18. The molecule has 1 saturated heterocycles. The van der Waals surface area contributed by atoms with Crippen molar-refractivity contribution in [3.63, 3.8) is 0 Å². The molecule has 1 aliphatic carbocycles. The molecule has 0 spiro atoms. The maximum Gasteiger partial charge on any atom is 0.0222 e. The van der Waals surface area contributed by atoms with Gasteiger partial charge in [-0.05, 0) is 12.8 Å². The van der Waals surface area contributed by atoms with E-state index in [-0.39, 0.29) is 0 Å². The highest BCUT2D eigenvalue weighted by molar-refractivity contribution is 7.99. The topological polar surface area (TPSA) is 15.3 Å². The first-order chi connectivity index (χ1) is 6.45. The van der Waals surface area contributed by atoms with Crippen molar-refractivity contribution in [3.8, 4) is 0 Å². The lowest BCUT2D eigenvalue weighted by Gasteiger charge is -2.33. The molecule has 2 fully saturated rings. The van der Waals surface area contributed by atoms with E-state index in [2.05, 4.69) is 22.2 Å². The highest BCUT2D eigenvalue weighted by atomic mass is 32.2. The van der Waals surface area contributed by atoms with E-state index in [4.69, 9.17) is 0 Å². The zero-order valence-corrected chi connectivity index (χ0v) is 9.11. The minimum absolute atomic E-state index is 0.789. The van der Waals surface area contributed by atoms with E-state index in [0.29, 0.717) is 0 Å². The lowest BCUT2D eigenvalue weighted by molar-refractivity contribution is 0.153. The molecule has 0 aromatic carbocycles. The lowest BCUT2D eigenvalue weighted by Crippen LogP contribution is -2.49. The summed E-state index contributed by atoms with van der Waals surface area (Å²) in [7, 11) is 0. The molecule has 0 atom stereocenters. The van der Waals surface area contributed by atoms with E-state index >= 15 is 0 Å². The van der Waals surface area contributed by atoms with Gasteiger partial charge in [0.1, 0.15) is 0 Å². The Morgan fingerprint density at radius 3 is 2.38 bits per heavy atom. The highest BCUT2D eigenvalue weighted by Gasteiger charge is 2.17. The van der Waals surface area contributed by atoms with Crippen LogP contribution in [0.15, 0.2) is 0 Å². The Morgan fingerprint density at radius 2 is 1.69 bits per heavy atom. The summed E-state index contributed by atoms with van der Waals surface area (Å²) in [4.78, 5) is 0. The lowest BCUT2D eigenvalue weighted by atomic mass is 9.96. The quantitative estimate of drug-likeness (QED) is 0.732. The number of nitrogens with one attached hydrogen (secondary N) is 1. The van der Waals surface area contributed by atoms with Crippen molar-refractivity contribution >= 4 is 11.8 Å². The zero-order valence-electron chi connectivity index (χ0n) is 8.30. The van der Waals surface area contributed by atoms with Gasteiger partial charge in [0.05, 0.1) is 0 Å². The van der Waals surface area contributed by atoms with Crippen LogP contribution in [0.25, 0.3) is 0 Å². The second-order valence-electron chi connectivity index (χ2n) is 4.06. The predicted molar refractivity (Wildman–Crippen MR) is 58.9 cm³/mol. The van der Waals surface area contributed by atoms with Crippen LogP contribution in [0.4, 0.5) is 0 Å². The molecule has 0 aromatic rings. The van der Waals surface area contributed by atoms with Crippen LogP contribution < -0.4 is 5.43 Å². The number of rotatable bonds is 2. The first-order valence-corrected chi connectivity index (χ1v) is 6.69. The van der Waals surface area contributed by atoms with Gasteiger partial charge >= 0.3 is 0 Å². The van der Waals surface area contributed by atoms with Crippen molar-refractivity contribution in [1.29, 1.82) is 0 Å². The monoisotopic (exact) mass is 200 g/mol. The van der Waals surface area contributed by atoms with Crippen molar-refractivity contribution in [2.75, 3.05) is 24.6 Å². The first-order valence-electron chi connectivity index (χ1n) is 5.54. The molecule has 1 N–H and O–H groups in total. The van der Waals surface area contributed by atoms with Gasteiger partial charge in [0.25, 0.3) is 0 Å². The van der Waals surface area contributed by atoms with Crippen molar-refractivity contribution < 1.29 is 0 Å². The number of thioether (sulfide) groups is 1. The molecule has 2 aliphatic rings. The van der Waals surface area contributed by atoms with Crippen molar-refractivity contribution in [3.05, 3.63) is 0 Å². The fraction of sp³-hybridized carbons (Fsp3) is 1.00. The molecular formula is C10H20N2S. The van der Waals surface area contributed by atoms with Crippen LogP contribution >= 0.6 is 11.8 Å². The Bertz CT molecular complexity index is 124. The average Bonchev–Trinajstić information content (AvgIpc) is 2.21. The van der Waals surface area contributed by atoms with Gasteiger partial charge in [0.15, 0.2) is 0 Å². The summed E-state index contributed by atoms with van der Waals surface area (Å²) in [5.74, 6) is 2.61. The Morgan fingerprint density at radius 1 is 1.00 bits per heavy atom. The van der Waals surface area contributed by atoms with E-state index in [1.54, 1.807) is 0 Å². The molecule has 0 aromatic heterocycles. The molecule has 1 saturated carbocycles. The fourth-order valence-corrected chi connectivity index (χ4v) is 3.09. The SMILES string of the molecule is C1CCC(NN2CCSCC2)CC1. The van der Waals surface area contributed by atoms with E-state index in [1.807, 2.05) is 0 Å². The summed E-state index contributed by atoms with van der Waals surface area (Å²) in [6.07, 6.45) is 7.10. The molecule has 2 rings (SSSR count). The van der Waals surface area contributed by atoms with Gasteiger partial charge in [-0.2, -0.15) is 11.8 Å². The van der Waals surface area contributed by atoms with Crippen molar-refractivity contribution in [1.82, 2.24) is 10.4 Å². The molecule has 1 heterocycles. The summed E-state index contributed by atoms with van der Waals surface area (Å²) >= 11 is 2.08. The molecule has 0 unspecified atom stereocenters. The van der Waals surface area contributed by atoms with Gasteiger partial charge in [-0.3, -0.25) is 5.43 Å². The smallest absolute Gasteiger partial charge is 0.0222 e. The molecule has 13 heavy (non-hydrogen) atoms. The third-order valence-corrected chi connectivity index (χ3v) is 3.92. The normalized spacial score (nSPS) is 27.7.